The van der Waals surface area contributed by atoms with Gasteiger partial charge in [-0.1, -0.05) is 29.8 Å². The Balaban J connectivity index is 1.30. The van der Waals surface area contributed by atoms with Gasteiger partial charge in [0.25, 0.3) is 0 Å². The monoisotopic (exact) mass is 501 g/mol. The number of methoxy groups -OCH3 is 1. The number of hydrogen-bond donors (Lipinski definition) is 1. The number of amides is 1. The highest BCUT2D eigenvalue weighted by atomic mass is 79.9. The molecule has 5 heteroatoms. The van der Waals surface area contributed by atoms with Gasteiger partial charge < -0.3 is 10.1 Å². The molecular weight excluding hydrogens is 474 g/mol. The van der Waals surface area contributed by atoms with Gasteiger partial charge in [0.2, 0.25) is 5.91 Å². The Hall–Kier alpha value is -1.52. The van der Waals surface area contributed by atoms with Gasteiger partial charge in [-0.3, -0.25) is 4.79 Å². The largest absolute Gasteiger partial charge is 0.496 e. The number of rotatable bonds is 6. The molecule has 2 atom stereocenters. The standard InChI is InChI=1S/C26H29BrClNO2/c1-31-23-7-2-17(11-22(23)27)8-9-29-24(30)26-14-18-10-19(15-26)13-25(12-18,16-26)20-3-5-21(28)6-4-20/h2-7,11,18-19H,8-10,12-16H2,1H3,(H,29,30). The number of nitrogens with one attached hydrogen (secondary N) is 1. The van der Waals surface area contributed by atoms with Gasteiger partial charge in [-0.25, -0.2) is 0 Å². The van der Waals surface area contributed by atoms with Crippen molar-refractivity contribution in [1.82, 2.24) is 5.32 Å². The number of hydrogen-bond acceptors (Lipinski definition) is 2. The van der Waals surface area contributed by atoms with Crippen LogP contribution in [0.15, 0.2) is 46.9 Å². The van der Waals surface area contributed by atoms with Crippen LogP contribution in [0.3, 0.4) is 0 Å². The van der Waals surface area contributed by atoms with E-state index in [0.717, 1.165) is 40.9 Å². The fourth-order valence-electron chi connectivity index (χ4n) is 7.04. The highest BCUT2D eigenvalue weighted by molar-refractivity contribution is 9.10. The number of ether oxygens (including phenoxy) is 1. The van der Waals surface area contributed by atoms with E-state index >= 15 is 0 Å². The van der Waals surface area contributed by atoms with Gasteiger partial charge in [-0.15, -0.1) is 0 Å². The Morgan fingerprint density at radius 2 is 1.84 bits per heavy atom. The fourth-order valence-corrected chi connectivity index (χ4v) is 7.76. The van der Waals surface area contributed by atoms with E-state index in [1.165, 1.54) is 30.4 Å². The number of benzene rings is 2. The summed E-state index contributed by atoms with van der Waals surface area (Å²) in [4.78, 5) is 13.5. The molecule has 2 aromatic rings. The molecule has 4 bridgehead atoms. The Morgan fingerprint density at radius 3 is 2.48 bits per heavy atom. The first-order chi connectivity index (χ1) is 14.9. The number of carbonyl (C=O) groups is 1. The van der Waals surface area contributed by atoms with Gasteiger partial charge in [-0.2, -0.15) is 0 Å². The molecule has 4 saturated carbocycles. The summed E-state index contributed by atoms with van der Waals surface area (Å²) in [5, 5.41) is 4.09. The van der Waals surface area contributed by atoms with E-state index < -0.39 is 0 Å². The first-order valence-corrected chi connectivity index (χ1v) is 12.5. The van der Waals surface area contributed by atoms with Crippen LogP contribution in [0.25, 0.3) is 0 Å². The molecule has 0 aliphatic heterocycles. The first-order valence-electron chi connectivity index (χ1n) is 11.3. The Kier molecular flexibility index (Phi) is 5.58. The fraction of sp³-hybridized carbons (Fsp3) is 0.500. The van der Waals surface area contributed by atoms with E-state index in [0.29, 0.717) is 18.4 Å². The third kappa shape index (κ3) is 3.91. The summed E-state index contributed by atoms with van der Waals surface area (Å²) in [5.41, 5.74) is 2.51. The Labute approximate surface area is 198 Å². The summed E-state index contributed by atoms with van der Waals surface area (Å²) in [6.45, 7) is 0.669. The van der Waals surface area contributed by atoms with Crippen LogP contribution in [0.1, 0.15) is 49.7 Å². The lowest BCUT2D eigenvalue weighted by molar-refractivity contribution is -0.149. The molecule has 31 heavy (non-hydrogen) atoms. The van der Waals surface area contributed by atoms with E-state index in [-0.39, 0.29) is 16.7 Å². The molecule has 3 nitrogen and oxygen atoms in total. The molecule has 164 valence electrons. The highest BCUT2D eigenvalue weighted by Crippen LogP contribution is 2.65. The third-order valence-corrected chi connectivity index (χ3v) is 8.79. The maximum atomic E-state index is 13.5. The van der Waals surface area contributed by atoms with Crippen molar-refractivity contribution in [2.24, 2.45) is 17.3 Å². The minimum Gasteiger partial charge on any atom is -0.496 e. The average molecular weight is 503 g/mol. The molecule has 1 amide bonds. The molecule has 0 radical (unpaired) electrons. The summed E-state index contributed by atoms with van der Waals surface area (Å²) < 4.78 is 6.26. The maximum Gasteiger partial charge on any atom is 0.226 e. The zero-order valence-corrected chi connectivity index (χ0v) is 20.3. The van der Waals surface area contributed by atoms with E-state index in [1.807, 2.05) is 18.2 Å². The highest BCUT2D eigenvalue weighted by Gasteiger charge is 2.60. The second-order valence-corrected chi connectivity index (χ2v) is 11.3. The van der Waals surface area contributed by atoms with Crippen molar-refractivity contribution >= 4 is 33.4 Å². The quantitative estimate of drug-likeness (QED) is 0.503. The van der Waals surface area contributed by atoms with Gasteiger partial charge in [0, 0.05) is 11.6 Å². The van der Waals surface area contributed by atoms with Crippen molar-refractivity contribution in [3.63, 3.8) is 0 Å². The van der Waals surface area contributed by atoms with Crippen LogP contribution in [-0.2, 0) is 16.6 Å². The van der Waals surface area contributed by atoms with Gasteiger partial charge in [0.1, 0.15) is 5.75 Å². The molecule has 0 aromatic heterocycles. The molecule has 4 aliphatic carbocycles. The number of carbonyl (C=O) groups excluding carboxylic acids is 1. The van der Waals surface area contributed by atoms with Crippen LogP contribution < -0.4 is 10.1 Å². The molecule has 0 spiro atoms. The van der Waals surface area contributed by atoms with E-state index in [2.05, 4.69) is 45.5 Å². The lowest BCUT2D eigenvalue weighted by Gasteiger charge is -2.61. The second kappa shape index (κ2) is 8.12. The van der Waals surface area contributed by atoms with Gasteiger partial charge in [-0.05, 0) is 114 Å². The van der Waals surface area contributed by atoms with Crippen molar-refractivity contribution in [2.45, 2.75) is 50.4 Å². The zero-order valence-electron chi connectivity index (χ0n) is 17.9. The lowest BCUT2D eigenvalue weighted by atomic mass is 9.42. The van der Waals surface area contributed by atoms with Gasteiger partial charge in [0.05, 0.1) is 17.0 Å². The van der Waals surface area contributed by atoms with Crippen molar-refractivity contribution in [3.8, 4) is 5.75 Å². The van der Waals surface area contributed by atoms with Gasteiger partial charge >= 0.3 is 0 Å². The van der Waals surface area contributed by atoms with Crippen molar-refractivity contribution in [1.29, 1.82) is 0 Å². The lowest BCUT2D eigenvalue weighted by Crippen LogP contribution is -2.59. The second-order valence-electron chi connectivity index (χ2n) is 10.0. The van der Waals surface area contributed by atoms with Crippen LogP contribution in [0.2, 0.25) is 5.02 Å². The smallest absolute Gasteiger partial charge is 0.226 e. The van der Waals surface area contributed by atoms with Crippen LogP contribution in [0.4, 0.5) is 0 Å². The van der Waals surface area contributed by atoms with Crippen molar-refractivity contribution in [3.05, 3.63) is 63.1 Å². The normalized spacial score (nSPS) is 30.9. The molecule has 2 aromatic carbocycles. The maximum absolute atomic E-state index is 13.5. The molecular formula is C26H29BrClNO2. The minimum atomic E-state index is -0.204. The summed E-state index contributed by atoms with van der Waals surface area (Å²) in [5.74, 6) is 2.43. The van der Waals surface area contributed by atoms with Crippen LogP contribution in [0.5, 0.6) is 5.75 Å². The van der Waals surface area contributed by atoms with Crippen molar-refractivity contribution in [2.75, 3.05) is 13.7 Å². The molecule has 4 aliphatic rings. The number of halogens is 2. The molecule has 0 heterocycles. The Morgan fingerprint density at radius 1 is 1.13 bits per heavy atom. The summed E-state index contributed by atoms with van der Waals surface area (Å²) in [6, 6.07) is 14.5. The van der Waals surface area contributed by atoms with Gasteiger partial charge in [0.15, 0.2) is 0 Å². The van der Waals surface area contributed by atoms with Crippen LogP contribution >= 0.6 is 27.5 Å². The molecule has 4 fully saturated rings. The van der Waals surface area contributed by atoms with Crippen LogP contribution in [-0.4, -0.2) is 19.6 Å². The molecule has 6 rings (SSSR count). The molecule has 1 N–H and O–H groups in total. The van der Waals surface area contributed by atoms with E-state index in [9.17, 15) is 4.79 Å². The van der Waals surface area contributed by atoms with Crippen molar-refractivity contribution < 1.29 is 9.53 Å². The SMILES string of the molecule is COc1ccc(CCNC(=O)C23CC4CC(C2)CC(c2ccc(Cl)cc2)(C4)C3)cc1Br. The van der Waals surface area contributed by atoms with E-state index in [4.69, 9.17) is 16.3 Å². The summed E-state index contributed by atoms with van der Waals surface area (Å²) in [6.07, 6.45) is 7.65. The van der Waals surface area contributed by atoms with E-state index in [1.54, 1.807) is 7.11 Å². The third-order valence-electron chi connectivity index (χ3n) is 7.91. The van der Waals surface area contributed by atoms with Crippen LogP contribution in [0, 0.1) is 17.3 Å². The molecule has 0 saturated heterocycles. The predicted octanol–water partition coefficient (Wildman–Crippen LogP) is 6.31. The topological polar surface area (TPSA) is 38.3 Å². The molecule has 2 unspecified atom stereocenters. The first kappa shape index (κ1) is 21.3. The Bertz CT molecular complexity index is 975. The predicted molar refractivity (Wildman–Crippen MR) is 128 cm³/mol. The average Bonchev–Trinajstić information content (AvgIpc) is 2.73. The zero-order chi connectivity index (χ0) is 21.6. The minimum absolute atomic E-state index is 0.146. The summed E-state index contributed by atoms with van der Waals surface area (Å²) in [7, 11) is 1.67. The summed E-state index contributed by atoms with van der Waals surface area (Å²) >= 11 is 9.71.